The Labute approximate surface area is 172 Å². The second-order valence-electron chi connectivity index (χ2n) is 7.79. The molecule has 1 amide bonds. The van der Waals surface area contributed by atoms with Crippen molar-refractivity contribution in [3.8, 4) is 0 Å². The first-order chi connectivity index (χ1) is 13.6. The van der Waals surface area contributed by atoms with Gasteiger partial charge >= 0.3 is 0 Å². The lowest BCUT2D eigenvalue weighted by atomic mass is 10.1. The first-order valence-electron chi connectivity index (χ1n) is 10.1. The first kappa shape index (κ1) is 19.1. The highest BCUT2D eigenvalue weighted by atomic mass is 32.2. The monoisotopic (exact) mass is 392 g/mol. The fraction of sp³-hybridized carbons (Fsp3) is 0.375. The molecular formula is C24H28N2OS. The smallest absolute Gasteiger partial charge is 0.226 e. The molecule has 2 aromatic rings. The lowest BCUT2D eigenvalue weighted by Crippen LogP contribution is -2.48. The van der Waals surface area contributed by atoms with Gasteiger partial charge in [0.05, 0.1) is 0 Å². The third kappa shape index (κ3) is 4.27. The number of benzene rings is 2. The fourth-order valence-corrected chi connectivity index (χ4v) is 4.96. The van der Waals surface area contributed by atoms with Crippen molar-refractivity contribution in [1.82, 2.24) is 9.80 Å². The Morgan fingerprint density at radius 1 is 1.00 bits per heavy atom. The second kappa shape index (κ2) is 8.44. The topological polar surface area (TPSA) is 23.6 Å². The zero-order valence-corrected chi connectivity index (χ0v) is 17.3. The van der Waals surface area contributed by atoms with Crippen LogP contribution in [-0.4, -0.2) is 47.6 Å². The van der Waals surface area contributed by atoms with Crippen LogP contribution in [0.4, 0.5) is 0 Å². The molecule has 0 unspecified atom stereocenters. The summed E-state index contributed by atoms with van der Waals surface area (Å²) in [6.07, 6.45) is 1.00. The molecule has 4 rings (SSSR count). The van der Waals surface area contributed by atoms with Crippen molar-refractivity contribution >= 4 is 17.7 Å². The molecule has 1 saturated heterocycles. The molecule has 2 aliphatic rings. The molecule has 1 saturated carbocycles. The first-order valence-corrected chi connectivity index (χ1v) is 11.1. The molecule has 146 valence electrons. The van der Waals surface area contributed by atoms with E-state index in [-0.39, 0.29) is 5.92 Å². The Kier molecular flexibility index (Phi) is 5.77. The minimum atomic E-state index is 0.189. The van der Waals surface area contributed by atoms with Crippen LogP contribution in [0.25, 0.3) is 0 Å². The molecule has 2 atom stereocenters. The summed E-state index contributed by atoms with van der Waals surface area (Å²) in [5.74, 6) is 1.85. The van der Waals surface area contributed by atoms with Gasteiger partial charge in [0.25, 0.3) is 0 Å². The van der Waals surface area contributed by atoms with Crippen LogP contribution >= 0.6 is 11.8 Å². The summed E-state index contributed by atoms with van der Waals surface area (Å²) < 4.78 is 0. The summed E-state index contributed by atoms with van der Waals surface area (Å²) in [4.78, 5) is 18.6. The maximum Gasteiger partial charge on any atom is 0.226 e. The molecule has 2 aromatic carbocycles. The molecule has 28 heavy (non-hydrogen) atoms. The normalized spacial score (nSPS) is 21.5. The molecule has 2 fully saturated rings. The van der Waals surface area contributed by atoms with Crippen molar-refractivity contribution in [2.24, 2.45) is 5.92 Å². The summed E-state index contributed by atoms with van der Waals surface area (Å²) in [5, 5.41) is 0. The number of carbonyl (C=O) groups excluding carboxylic acids is 1. The molecule has 0 spiro atoms. The summed E-state index contributed by atoms with van der Waals surface area (Å²) >= 11 is 1.85. The van der Waals surface area contributed by atoms with E-state index < -0.39 is 0 Å². The SMILES string of the molecule is C=C(CSc1ccccc1C)N1CCN(C(=O)[C@@H]2C[C@H]2c2ccccc2)CC1. The van der Waals surface area contributed by atoms with Gasteiger partial charge in [-0.1, -0.05) is 55.1 Å². The molecule has 0 bridgehead atoms. The van der Waals surface area contributed by atoms with Crippen molar-refractivity contribution in [1.29, 1.82) is 0 Å². The Balaban J connectivity index is 1.24. The van der Waals surface area contributed by atoms with Crippen molar-refractivity contribution in [2.45, 2.75) is 24.2 Å². The lowest BCUT2D eigenvalue weighted by Gasteiger charge is -2.37. The Hall–Kier alpha value is -2.20. The highest BCUT2D eigenvalue weighted by molar-refractivity contribution is 7.99. The molecular weight excluding hydrogens is 364 g/mol. The van der Waals surface area contributed by atoms with E-state index in [1.54, 1.807) is 0 Å². The van der Waals surface area contributed by atoms with Gasteiger partial charge in [0.15, 0.2) is 0 Å². The number of hydrogen-bond donors (Lipinski definition) is 0. The van der Waals surface area contributed by atoms with Gasteiger partial charge in [0.2, 0.25) is 5.91 Å². The van der Waals surface area contributed by atoms with E-state index >= 15 is 0 Å². The number of amides is 1. The number of carbonyl (C=O) groups is 1. The minimum Gasteiger partial charge on any atom is -0.371 e. The number of rotatable bonds is 6. The van der Waals surface area contributed by atoms with E-state index in [2.05, 4.69) is 71.8 Å². The van der Waals surface area contributed by atoms with Crippen LogP contribution in [0.5, 0.6) is 0 Å². The van der Waals surface area contributed by atoms with Crippen molar-refractivity contribution in [3.05, 3.63) is 78.0 Å². The number of nitrogens with zero attached hydrogens (tertiary/aromatic N) is 2. The van der Waals surface area contributed by atoms with E-state index in [4.69, 9.17) is 0 Å². The van der Waals surface area contributed by atoms with Gasteiger partial charge in [0, 0.05) is 48.4 Å². The summed E-state index contributed by atoms with van der Waals surface area (Å²) in [6.45, 7) is 9.84. The minimum absolute atomic E-state index is 0.189. The Bertz CT molecular complexity index is 843. The Morgan fingerprint density at radius 2 is 1.64 bits per heavy atom. The number of aryl methyl sites for hydroxylation is 1. The van der Waals surface area contributed by atoms with Gasteiger partial charge in [-0.25, -0.2) is 0 Å². The molecule has 0 radical (unpaired) electrons. The van der Waals surface area contributed by atoms with Gasteiger partial charge in [-0.05, 0) is 36.5 Å². The maximum absolute atomic E-state index is 12.8. The summed E-state index contributed by atoms with van der Waals surface area (Å²) in [5.41, 5.74) is 3.78. The van der Waals surface area contributed by atoms with E-state index in [0.29, 0.717) is 11.8 Å². The predicted octanol–water partition coefficient (Wildman–Crippen LogP) is 4.55. The standard InChI is InChI=1S/C24H28N2OS/c1-18-8-6-7-11-23(18)28-17-19(2)25-12-14-26(15-13-25)24(27)22-16-21(22)20-9-4-3-5-10-20/h3-11,21-22H,2,12-17H2,1H3/t21-,22+/m0/s1. The second-order valence-corrected chi connectivity index (χ2v) is 8.81. The number of piperazine rings is 1. The van der Waals surface area contributed by atoms with E-state index in [1.807, 2.05) is 17.8 Å². The fourth-order valence-electron chi connectivity index (χ4n) is 3.98. The average molecular weight is 393 g/mol. The third-order valence-electron chi connectivity index (χ3n) is 5.86. The van der Waals surface area contributed by atoms with Crippen LogP contribution in [0.2, 0.25) is 0 Å². The molecule has 0 N–H and O–H groups in total. The molecule has 3 nitrogen and oxygen atoms in total. The van der Waals surface area contributed by atoms with E-state index in [1.165, 1.54) is 16.0 Å². The van der Waals surface area contributed by atoms with Crippen LogP contribution in [0.3, 0.4) is 0 Å². The van der Waals surface area contributed by atoms with Crippen molar-refractivity contribution < 1.29 is 4.79 Å². The van der Waals surface area contributed by atoms with Gasteiger partial charge < -0.3 is 9.80 Å². The van der Waals surface area contributed by atoms with E-state index in [0.717, 1.165) is 44.0 Å². The summed E-state index contributed by atoms with van der Waals surface area (Å²) in [6, 6.07) is 18.9. The molecule has 1 heterocycles. The maximum atomic E-state index is 12.8. The van der Waals surface area contributed by atoms with Crippen LogP contribution in [-0.2, 0) is 4.79 Å². The lowest BCUT2D eigenvalue weighted by molar-refractivity contribution is -0.134. The molecule has 0 aromatic heterocycles. The molecule has 4 heteroatoms. The largest absolute Gasteiger partial charge is 0.371 e. The zero-order chi connectivity index (χ0) is 19.5. The van der Waals surface area contributed by atoms with Gasteiger partial charge in [-0.3, -0.25) is 4.79 Å². The van der Waals surface area contributed by atoms with Crippen LogP contribution < -0.4 is 0 Å². The number of thioether (sulfide) groups is 1. The van der Waals surface area contributed by atoms with Gasteiger partial charge in [-0.15, -0.1) is 11.8 Å². The quantitative estimate of drug-likeness (QED) is 0.674. The Morgan fingerprint density at radius 3 is 2.36 bits per heavy atom. The number of hydrogen-bond acceptors (Lipinski definition) is 3. The van der Waals surface area contributed by atoms with E-state index in [9.17, 15) is 4.79 Å². The van der Waals surface area contributed by atoms with Gasteiger partial charge in [0.1, 0.15) is 0 Å². The molecule has 1 aliphatic heterocycles. The zero-order valence-electron chi connectivity index (χ0n) is 16.5. The van der Waals surface area contributed by atoms with Crippen LogP contribution in [0.15, 0.2) is 71.8 Å². The van der Waals surface area contributed by atoms with Crippen molar-refractivity contribution in [2.75, 3.05) is 31.9 Å². The molecule has 1 aliphatic carbocycles. The van der Waals surface area contributed by atoms with Gasteiger partial charge in [-0.2, -0.15) is 0 Å². The average Bonchev–Trinajstić information content (AvgIpc) is 3.54. The third-order valence-corrected chi connectivity index (χ3v) is 7.11. The highest BCUT2D eigenvalue weighted by Gasteiger charge is 2.45. The van der Waals surface area contributed by atoms with Crippen LogP contribution in [0, 0.1) is 12.8 Å². The van der Waals surface area contributed by atoms with Crippen LogP contribution in [0.1, 0.15) is 23.5 Å². The predicted molar refractivity (Wildman–Crippen MR) is 116 cm³/mol. The van der Waals surface area contributed by atoms with Crippen molar-refractivity contribution in [3.63, 3.8) is 0 Å². The highest BCUT2D eigenvalue weighted by Crippen LogP contribution is 2.48. The summed E-state index contributed by atoms with van der Waals surface area (Å²) in [7, 11) is 0.